The van der Waals surface area contributed by atoms with Crippen LogP contribution >= 0.6 is 0 Å². The van der Waals surface area contributed by atoms with Crippen molar-refractivity contribution in [3.05, 3.63) is 59.7 Å². The van der Waals surface area contributed by atoms with Crippen LogP contribution in [0.25, 0.3) is 11.1 Å². The molecular formula is C23H24N2O6. The van der Waals surface area contributed by atoms with Crippen LogP contribution < -0.4 is 5.32 Å². The SMILES string of the molecule is C[C@H](NC(=O)OCC1c2ccccc2-c2ccccc21)C(=O)N1CC(O)C[C@H]1C(=O)O. The maximum absolute atomic E-state index is 12.6. The summed E-state index contributed by atoms with van der Waals surface area (Å²) in [6.07, 6.45) is -1.68. The number of likely N-dealkylation sites (tertiary alicyclic amines) is 1. The second-order valence-corrected chi connectivity index (χ2v) is 7.93. The molecule has 1 saturated heterocycles. The number of aliphatic hydroxyl groups is 1. The molecule has 0 bridgehead atoms. The highest BCUT2D eigenvalue weighted by molar-refractivity contribution is 5.89. The number of aliphatic carboxylic acids is 1. The number of carboxylic acid groups (broad SMARTS) is 1. The Kier molecular flexibility index (Phi) is 5.65. The summed E-state index contributed by atoms with van der Waals surface area (Å²) in [5.41, 5.74) is 4.39. The molecule has 1 aliphatic carbocycles. The van der Waals surface area contributed by atoms with Gasteiger partial charge in [-0.25, -0.2) is 9.59 Å². The predicted octanol–water partition coefficient (Wildman–Crippen LogP) is 1.96. The van der Waals surface area contributed by atoms with E-state index in [-0.39, 0.29) is 25.5 Å². The van der Waals surface area contributed by atoms with Gasteiger partial charge in [0.1, 0.15) is 18.7 Å². The maximum Gasteiger partial charge on any atom is 0.407 e. The fourth-order valence-electron chi connectivity index (χ4n) is 4.42. The van der Waals surface area contributed by atoms with E-state index in [2.05, 4.69) is 5.32 Å². The summed E-state index contributed by atoms with van der Waals surface area (Å²) >= 11 is 0. The molecule has 8 heteroatoms. The zero-order valence-corrected chi connectivity index (χ0v) is 17.0. The fraction of sp³-hybridized carbons (Fsp3) is 0.348. The summed E-state index contributed by atoms with van der Waals surface area (Å²) in [7, 11) is 0. The van der Waals surface area contributed by atoms with Crippen LogP contribution in [-0.4, -0.2) is 64.4 Å². The molecular weight excluding hydrogens is 400 g/mol. The number of hydrogen-bond donors (Lipinski definition) is 3. The molecule has 2 aromatic rings. The first-order chi connectivity index (χ1) is 14.9. The zero-order chi connectivity index (χ0) is 22.1. The molecule has 2 aliphatic rings. The van der Waals surface area contributed by atoms with Gasteiger partial charge in [-0.3, -0.25) is 4.79 Å². The number of nitrogens with zero attached hydrogens (tertiary/aromatic N) is 1. The first kappa shape index (κ1) is 20.9. The Morgan fingerprint density at radius 3 is 2.26 bits per heavy atom. The number of amides is 2. The summed E-state index contributed by atoms with van der Waals surface area (Å²) in [6.45, 7) is 1.50. The number of β-amino-alcohol motifs (C(OH)–C–C–N with tert-alkyl or cyclic N) is 1. The first-order valence-electron chi connectivity index (χ1n) is 10.2. The maximum atomic E-state index is 12.6. The van der Waals surface area contributed by atoms with E-state index in [0.29, 0.717) is 0 Å². The van der Waals surface area contributed by atoms with E-state index in [1.54, 1.807) is 0 Å². The average molecular weight is 424 g/mol. The number of carbonyl (C=O) groups excluding carboxylic acids is 2. The van der Waals surface area contributed by atoms with E-state index >= 15 is 0 Å². The smallest absolute Gasteiger partial charge is 0.407 e. The Balaban J connectivity index is 1.39. The van der Waals surface area contributed by atoms with Crippen molar-refractivity contribution >= 4 is 18.0 Å². The molecule has 0 saturated carbocycles. The molecule has 4 rings (SSSR count). The molecule has 2 aromatic carbocycles. The Morgan fingerprint density at radius 1 is 1.10 bits per heavy atom. The van der Waals surface area contributed by atoms with Crippen molar-refractivity contribution in [3.63, 3.8) is 0 Å². The Morgan fingerprint density at radius 2 is 1.68 bits per heavy atom. The van der Waals surface area contributed by atoms with Crippen molar-refractivity contribution in [2.75, 3.05) is 13.2 Å². The highest BCUT2D eigenvalue weighted by Gasteiger charge is 2.40. The second-order valence-electron chi connectivity index (χ2n) is 7.93. The van der Waals surface area contributed by atoms with E-state index in [1.807, 2.05) is 48.5 Å². The molecule has 8 nitrogen and oxygen atoms in total. The molecule has 0 radical (unpaired) electrons. The topological polar surface area (TPSA) is 116 Å². The number of alkyl carbamates (subject to hydrolysis) is 1. The molecule has 3 atom stereocenters. The number of ether oxygens (including phenoxy) is 1. The van der Waals surface area contributed by atoms with E-state index in [0.717, 1.165) is 27.2 Å². The number of rotatable bonds is 5. The van der Waals surface area contributed by atoms with Crippen molar-refractivity contribution in [1.29, 1.82) is 0 Å². The van der Waals surface area contributed by atoms with Crippen LogP contribution in [0.15, 0.2) is 48.5 Å². The van der Waals surface area contributed by atoms with Gasteiger partial charge in [0.25, 0.3) is 0 Å². The van der Waals surface area contributed by atoms with Crippen LogP contribution in [0.4, 0.5) is 4.79 Å². The van der Waals surface area contributed by atoms with Crippen molar-refractivity contribution < 1.29 is 29.3 Å². The quantitative estimate of drug-likeness (QED) is 0.676. The summed E-state index contributed by atoms with van der Waals surface area (Å²) < 4.78 is 5.43. The fourth-order valence-corrected chi connectivity index (χ4v) is 4.42. The van der Waals surface area contributed by atoms with Gasteiger partial charge in [0.2, 0.25) is 5.91 Å². The first-order valence-corrected chi connectivity index (χ1v) is 10.2. The lowest BCUT2D eigenvalue weighted by atomic mass is 9.98. The third-order valence-electron chi connectivity index (χ3n) is 5.90. The Labute approximate surface area is 179 Å². The van der Waals surface area contributed by atoms with E-state index in [1.165, 1.54) is 6.92 Å². The molecule has 3 N–H and O–H groups in total. The van der Waals surface area contributed by atoms with E-state index in [4.69, 9.17) is 4.74 Å². The van der Waals surface area contributed by atoms with Gasteiger partial charge in [-0.15, -0.1) is 0 Å². The minimum Gasteiger partial charge on any atom is -0.480 e. The molecule has 0 spiro atoms. The van der Waals surface area contributed by atoms with Gasteiger partial charge < -0.3 is 25.2 Å². The summed E-state index contributed by atoms with van der Waals surface area (Å²) in [5, 5.41) is 21.5. The van der Waals surface area contributed by atoms with Crippen LogP contribution in [0.5, 0.6) is 0 Å². The van der Waals surface area contributed by atoms with Gasteiger partial charge in [0, 0.05) is 18.9 Å². The lowest BCUT2D eigenvalue weighted by molar-refractivity contribution is -0.148. The molecule has 1 fully saturated rings. The lowest BCUT2D eigenvalue weighted by Crippen LogP contribution is -2.50. The number of aliphatic hydroxyl groups excluding tert-OH is 1. The molecule has 1 heterocycles. The Bertz CT molecular complexity index is 977. The number of nitrogens with one attached hydrogen (secondary N) is 1. The van der Waals surface area contributed by atoms with Crippen molar-refractivity contribution in [2.24, 2.45) is 0 Å². The molecule has 162 valence electrons. The zero-order valence-electron chi connectivity index (χ0n) is 17.0. The van der Waals surface area contributed by atoms with E-state index in [9.17, 15) is 24.6 Å². The molecule has 2 amide bonds. The highest BCUT2D eigenvalue weighted by atomic mass is 16.5. The normalized spacial score (nSPS) is 20.6. The minimum atomic E-state index is -1.18. The number of benzene rings is 2. The van der Waals surface area contributed by atoms with Crippen LogP contribution in [0.3, 0.4) is 0 Å². The van der Waals surface area contributed by atoms with Gasteiger partial charge in [-0.2, -0.15) is 0 Å². The van der Waals surface area contributed by atoms with Gasteiger partial charge >= 0.3 is 12.1 Å². The number of carboxylic acids is 1. The van der Waals surface area contributed by atoms with Gasteiger partial charge in [0.05, 0.1) is 6.10 Å². The largest absolute Gasteiger partial charge is 0.480 e. The number of fused-ring (bicyclic) bond motifs is 3. The minimum absolute atomic E-state index is 0.0290. The predicted molar refractivity (Wildman–Crippen MR) is 111 cm³/mol. The van der Waals surface area contributed by atoms with Gasteiger partial charge in [-0.05, 0) is 29.2 Å². The van der Waals surface area contributed by atoms with Gasteiger partial charge in [0.15, 0.2) is 0 Å². The lowest BCUT2D eigenvalue weighted by Gasteiger charge is -2.25. The summed E-state index contributed by atoms with van der Waals surface area (Å²) in [4.78, 5) is 37.4. The van der Waals surface area contributed by atoms with Crippen molar-refractivity contribution in [3.8, 4) is 11.1 Å². The van der Waals surface area contributed by atoms with E-state index < -0.39 is 36.2 Å². The van der Waals surface area contributed by atoms with Crippen molar-refractivity contribution in [1.82, 2.24) is 10.2 Å². The molecule has 1 aliphatic heterocycles. The number of carbonyl (C=O) groups is 3. The molecule has 1 unspecified atom stereocenters. The highest BCUT2D eigenvalue weighted by Crippen LogP contribution is 2.44. The van der Waals surface area contributed by atoms with Gasteiger partial charge in [-0.1, -0.05) is 48.5 Å². The van der Waals surface area contributed by atoms with Crippen LogP contribution in [0.2, 0.25) is 0 Å². The summed E-state index contributed by atoms with van der Waals surface area (Å²) in [5.74, 6) is -1.86. The third-order valence-corrected chi connectivity index (χ3v) is 5.90. The third kappa shape index (κ3) is 3.98. The standard InChI is InChI=1S/C23H24N2O6/c1-13(21(27)25-11-14(26)10-20(25)22(28)29)24-23(30)31-12-19-17-8-4-2-6-15(17)16-7-3-5-9-18(16)19/h2-9,13-14,19-20,26H,10-12H2,1H3,(H,24,30)(H,28,29)/t13-,14?,20-/m0/s1. The second kappa shape index (κ2) is 8.39. The monoisotopic (exact) mass is 424 g/mol. The molecule has 0 aromatic heterocycles. The summed E-state index contributed by atoms with van der Waals surface area (Å²) in [6, 6.07) is 13.9. The van der Waals surface area contributed by atoms with Crippen LogP contribution in [0.1, 0.15) is 30.4 Å². The Hall–Kier alpha value is -3.39. The van der Waals surface area contributed by atoms with Crippen LogP contribution in [0, 0.1) is 0 Å². The van der Waals surface area contributed by atoms with Crippen LogP contribution in [-0.2, 0) is 14.3 Å². The average Bonchev–Trinajstić information content (AvgIpc) is 3.30. The molecule has 31 heavy (non-hydrogen) atoms. The van der Waals surface area contributed by atoms with Crippen molar-refractivity contribution in [2.45, 2.75) is 37.5 Å². The number of hydrogen-bond acceptors (Lipinski definition) is 5.